The molecule has 0 atom stereocenters. The number of nitrogens with zero attached hydrogens (tertiary/aromatic N) is 1. The van der Waals surface area contributed by atoms with Crippen LogP contribution in [-0.2, 0) is 9.53 Å². The van der Waals surface area contributed by atoms with Gasteiger partial charge in [-0.15, -0.1) is 23.1 Å². The highest BCUT2D eigenvalue weighted by Gasteiger charge is 2.17. The standard InChI is InChI=1S/C21H16N2O3S2/c22-11-13-27-18-9-5-4-8-17(18)23-19(24)14-26-21(25)20-16(10-12-28-20)15-6-2-1-3-7-15/h1-10,12H,13-14H2,(H,23,24). The predicted octanol–water partition coefficient (Wildman–Crippen LogP) is 4.83. The molecule has 3 rings (SSSR count). The van der Waals surface area contributed by atoms with Crippen molar-refractivity contribution in [3.8, 4) is 17.2 Å². The summed E-state index contributed by atoms with van der Waals surface area (Å²) in [6.07, 6.45) is 0. The molecule has 2 aromatic carbocycles. The van der Waals surface area contributed by atoms with Crippen LogP contribution in [0.4, 0.5) is 5.69 Å². The number of nitrogens with one attached hydrogen (secondary N) is 1. The average molecular weight is 409 g/mol. The second-order valence-corrected chi connectivity index (χ2v) is 7.53. The summed E-state index contributed by atoms with van der Waals surface area (Å²) in [5.41, 5.74) is 2.29. The van der Waals surface area contributed by atoms with Crippen molar-refractivity contribution in [1.29, 1.82) is 5.26 Å². The molecule has 0 fully saturated rings. The minimum absolute atomic E-state index is 0.280. The summed E-state index contributed by atoms with van der Waals surface area (Å²) in [7, 11) is 0. The molecule has 0 aliphatic heterocycles. The summed E-state index contributed by atoms with van der Waals surface area (Å²) in [5.74, 6) is -0.685. The summed E-state index contributed by atoms with van der Waals surface area (Å²) in [4.78, 5) is 25.9. The molecule has 1 heterocycles. The molecule has 0 aliphatic carbocycles. The number of ether oxygens (including phenoxy) is 1. The van der Waals surface area contributed by atoms with E-state index >= 15 is 0 Å². The van der Waals surface area contributed by atoms with Crippen LogP contribution in [0.1, 0.15) is 9.67 Å². The normalized spacial score (nSPS) is 10.1. The third-order valence-electron chi connectivity index (χ3n) is 3.72. The van der Waals surface area contributed by atoms with Crippen molar-refractivity contribution in [3.63, 3.8) is 0 Å². The van der Waals surface area contributed by atoms with E-state index in [2.05, 4.69) is 11.4 Å². The number of amides is 1. The van der Waals surface area contributed by atoms with Crippen molar-refractivity contribution in [2.24, 2.45) is 0 Å². The minimum Gasteiger partial charge on any atom is -0.451 e. The Labute approximate surface area is 171 Å². The van der Waals surface area contributed by atoms with Crippen molar-refractivity contribution in [2.45, 2.75) is 4.90 Å². The number of para-hydroxylation sites is 1. The number of thiophene rings is 1. The first-order valence-electron chi connectivity index (χ1n) is 8.37. The molecule has 0 radical (unpaired) electrons. The van der Waals surface area contributed by atoms with Gasteiger partial charge in [-0.05, 0) is 29.1 Å². The van der Waals surface area contributed by atoms with Gasteiger partial charge >= 0.3 is 5.97 Å². The lowest BCUT2D eigenvalue weighted by Gasteiger charge is -2.10. The van der Waals surface area contributed by atoms with Crippen LogP contribution >= 0.6 is 23.1 Å². The maximum atomic E-state index is 12.4. The third-order valence-corrected chi connectivity index (χ3v) is 5.56. The van der Waals surface area contributed by atoms with Crippen LogP contribution in [0, 0.1) is 11.3 Å². The molecule has 1 amide bonds. The molecular weight excluding hydrogens is 392 g/mol. The van der Waals surface area contributed by atoms with Gasteiger partial charge in [0.15, 0.2) is 6.61 Å². The Kier molecular flexibility index (Phi) is 6.84. The van der Waals surface area contributed by atoms with E-state index in [4.69, 9.17) is 10.00 Å². The number of rotatable bonds is 7. The lowest BCUT2D eigenvalue weighted by atomic mass is 10.1. The van der Waals surface area contributed by atoms with E-state index in [1.54, 1.807) is 12.1 Å². The van der Waals surface area contributed by atoms with E-state index < -0.39 is 11.9 Å². The van der Waals surface area contributed by atoms with E-state index in [9.17, 15) is 9.59 Å². The van der Waals surface area contributed by atoms with Gasteiger partial charge in [0.2, 0.25) is 0 Å². The molecule has 1 aromatic heterocycles. The van der Waals surface area contributed by atoms with E-state index in [0.29, 0.717) is 10.6 Å². The van der Waals surface area contributed by atoms with Crippen LogP contribution in [0.15, 0.2) is 70.9 Å². The van der Waals surface area contributed by atoms with Gasteiger partial charge in [-0.2, -0.15) is 5.26 Å². The SMILES string of the molecule is N#CCSc1ccccc1NC(=O)COC(=O)c1sccc1-c1ccccc1. The van der Waals surface area contributed by atoms with Crippen LogP contribution in [0.3, 0.4) is 0 Å². The number of thioether (sulfide) groups is 1. The van der Waals surface area contributed by atoms with Gasteiger partial charge in [0.25, 0.3) is 5.91 Å². The second-order valence-electron chi connectivity index (χ2n) is 5.60. The smallest absolute Gasteiger partial charge is 0.349 e. The molecule has 3 aromatic rings. The van der Waals surface area contributed by atoms with Crippen LogP contribution in [0.25, 0.3) is 11.1 Å². The average Bonchev–Trinajstić information content (AvgIpc) is 3.22. The molecule has 28 heavy (non-hydrogen) atoms. The summed E-state index contributed by atoms with van der Waals surface area (Å²) in [6.45, 7) is -0.387. The zero-order chi connectivity index (χ0) is 19.8. The zero-order valence-corrected chi connectivity index (χ0v) is 16.4. The van der Waals surface area contributed by atoms with Crippen molar-refractivity contribution in [1.82, 2.24) is 0 Å². The van der Waals surface area contributed by atoms with Crippen molar-refractivity contribution in [3.05, 3.63) is 70.9 Å². The molecular formula is C21H16N2O3S2. The predicted molar refractivity (Wildman–Crippen MR) is 111 cm³/mol. The Hall–Kier alpha value is -3.08. The molecule has 0 saturated heterocycles. The lowest BCUT2D eigenvalue weighted by Crippen LogP contribution is -2.21. The minimum atomic E-state index is -0.531. The zero-order valence-electron chi connectivity index (χ0n) is 14.8. The number of hydrogen-bond donors (Lipinski definition) is 1. The maximum absolute atomic E-state index is 12.4. The molecule has 0 unspecified atom stereocenters. The fourth-order valence-corrected chi connectivity index (χ4v) is 3.98. The van der Waals surface area contributed by atoms with Gasteiger partial charge in [-0.1, -0.05) is 42.5 Å². The Balaban J connectivity index is 1.61. The van der Waals surface area contributed by atoms with Gasteiger partial charge in [0.1, 0.15) is 4.88 Å². The third kappa shape index (κ3) is 5.00. The van der Waals surface area contributed by atoms with E-state index in [0.717, 1.165) is 16.0 Å². The lowest BCUT2D eigenvalue weighted by molar-refractivity contribution is -0.119. The Morgan fingerprint density at radius 2 is 1.82 bits per heavy atom. The first-order chi connectivity index (χ1) is 13.7. The number of carbonyl (C=O) groups is 2. The van der Waals surface area contributed by atoms with Crippen molar-refractivity contribution < 1.29 is 14.3 Å². The van der Waals surface area contributed by atoms with Gasteiger partial charge < -0.3 is 10.1 Å². The van der Waals surface area contributed by atoms with Gasteiger partial charge in [-0.3, -0.25) is 4.79 Å². The van der Waals surface area contributed by atoms with Crippen LogP contribution in [0.5, 0.6) is 0 Å². The Bertz CT molecular complexity index is 1010. The number of carbonyl (C=O) groups excluding carboxylic acids is 2. The molecule has 140 valence electrons. The Morgan fingerprint density at radius 1 is 1.07 bits per heavy atom. The summed E-state index contributed by atoms with van der Waals surface area (Å²) < 4.78 is 5.20. The highest BCUT2D eigenvalue weighted by atomic mass is 32.2. The van der Waals surface area contributed by atoms with Crippen LogP contribution < -0.4 is 5.32 Å². The first kappa shape index (κ1) is 19.7. The molecule has 0 aliphatic rings. The highest BCUT2D eigenvalue weighted by Crippen LogP contribution is 2.29. The van der Waals surface area contributed by atoms with Gasteiger partial charge in [0.05, 0.1) is 17.5 Å². The van der Waals surface area contributed by atoms with E-state index in [1.807, 2.05) is 53.9 Å². The second kappa shape index (κ2) is 9.74. The summed E-state index contributed by atoms with van der Waals surface area (Å²) in [5, 5.41) is 13.3. The quantitative estimate of drug-likeness (QED) is 0.448. The molecule has 5 nitrogen and oxygen atoms in total. The molecule has 7 heteroatoms. The summed E-state index contributed by atoms with van der Waals surface area (Å²) in [6, 6.07) is 20.6. The number of benzene rings is 2. The number of hydrogen-bond acceptors (Lipinski definition) is 6. The van der Waals surface area contributed by atoms with Crippen molar-refractivity contribution >= 4 is 40.7 Å². The largest absolute Gasteiger partial charge is 0.451 e. The van der Waals surface area contributed by atoms with Crippen LogP contribution in [-0.4, -0.2) is 24.2 Å². The number of nitriles is 1. The Morgan fingerprint density at radius 3 is 2.61 bits per heavy atom. The number of anilines is 1. The topological polar surface area (TPSA) is 79.2 Å². The molecule has 0 saturated carbocycles. The number of esters is 1. The fraction of sp³-hybridized carbons (Fsp3) is 0.0952. The van der Waals surface area contributed by atoms with E-state index in [1.165, 1.54) is 23.1 Å². The van der Waals surface area contributed by atoms with Gasteiger partial charge in [-0.25, -0.2) is 4.79 Å². The molecule has 0 spiro atoms. The van der Waals surface area contributed by atoms with Crippen molar-refractivity contribution in [2.75, 3.05) is 17.7 Å². The van der Waals surface area contributed by atoms with E-state index in [-0.39, 0.29) is 12.4 Å². The maximum Gasteiger partial charge on any atom is 0.349 e. The van der Waals surface area contributed by atoms with Gasteiger partial charge in [0, 0.05) is 10.5 Å². The highest BCUT2D eigenvalue weighted by molar-refractivity contribution is 7.99. The summed E-state index contributed by atoms with van der Waals surface area (Å²) >= 11 is 2.61. The first-order valence-corrected chi connectivity index (χ1v) is 10.2. The van der Waals surface area contributed by atoms with Crippen LogP contribution in [0.2, 0.25) is 0 Å². The molecule has 1 N–H and O–H groups in total. The fourth-order valence-electron chi connectivity index (χ4n) is 2.50. The molecule has 0 bridgehead atoms. The monoisotopic (exact) mass is 408 g/mol.